The van der Waals surface area contributed by atoms with Gasteiger partial charge in [0.15, 0.2) is 18.0 Å². The number of aliphatic hydroxyl groups excluding tert-OH is 1. The Bertz CT molecular complexity index is 1290. The Morgan fingerprint density at radius 2 is 1.82 bits per heavy atom. The summed E-state index contributed by atoms with van der Waals surface area (Å²) < 4.78 is 11.6. The standard InChI is InChI=1S/C32H36O7/c1-5-27(36)39-32(26(35)18-38-29(37)20-9-7-6-8-10-20)19(2)15-24-23-12-11-21-16-22(33)13-14-30(21,3)28(23)25(34)17-31(24,32)4/h6-14,16,19,23-25,28,34H,5,15,17-18H2,1-4H3/t19?,23-,24-,25?,28+,30-,31-,32-/m0/s1. The molecule has 1 aromatic rings. The molecule has 0 saturated heterocycles. The molecule has 1 N–H and O–H groups in total. The van der Waals surface area contributed by atoms with Crippen molar-refractivity contribution in [2.75, 3.05) is 6.61 Å². The molecule has 1 aromatic carbocycles. The predicted octanol–water partition coefficient (Wildman–Crippen LogP) is 4.41. The van der Waals surface area contributed by atoms with Crippen LogP contribution in [0, 0.1) is 34.5 Å². The number of ketones is 2. The molecule has 39 heavy (non-hydrogen) atoms. The second kappa shape index (κ2) is 9.70. The van der Waals surface area contributed by atoms with Crippen LogP contribution in [0.5, 0.6) is 0 Å². The van der Waals surface area contributed by atoms with E-state index in [1.165, 1.54) is 0 Å². The number of rotatable bonds is 6. The summed E-state index contributed by atoms with van der Waals surface area (Å²) in [5.41, 5.74) is -1.79. The summed E-state index contributed by atoms with van der Waals surface area (Å²) in [4.78, 5) is 51.7. The monoisotopic (exact) mass is 532 g/mol. The van der Waals surface area contributed by atoms with Crippen molar-refractivity contribution in [2.24, 2.45) is 34.5 Å². The molecule has 2 fully saturated rings. The van der Waals surface area contributed by atoms with Gasteiger partial charge in [-0.15, -0.1) is 0 Å². The minimum atomic E-state index is -1.56. The molecule has 2 saturated carbocycles. The zero-order valence-electron chi connectivity index (χ0n) is 22.9. The van der Waals surface area contributed by atoms with E-state index in [0.29, 0.717) is 12.0 Å². The Hall–Kier alpha value is -3.32. The van der Waals surface area contributed by atoms with Crippen molar-refractivity contribution < 1.29 is 33.8 Å². The molecule has 0 bridgehead atoms. The number of hydrogen-bond acceptors (Lipinski definition) is 7. The van der Waals surface area contributed by atoms with Crippen LogP contribution in [0.25, 0.3) is 0 Å². The van der Waals surface area contributed by atoms with Gasteiger partial charge in [-0.3, -0.25) is 14.4 Å². The molecule has 7 nitrogen and oxygen atoms in total. The lowest BCUT2D eigenvalue weighted by molar-refractivity contribution is -0.201. The van der Waals surface area contributed by atoms with Gasteiger partial charge in [0.2, 0.25) is 5.78 Å². The van der Waals surface area contributed by atoms with Gasteiger partial charge in [-0.05, 0) is 54.5 Å². The number of allylic oxidation sites excluding steroid dienone is 6. The van der Waals surface area contributed by atoms with Gasteiger partial charge in [0.1, 0.15) is 0 Å². The topological polar surface area (TPSA) is 107 Å². The van der Waals surface area contributed by atoms with Gasteiger partial charge in [0.05, 0.1) is 11.7 Å². The van der Waals surface area contributed by atoms with Gasteiger partial charge in [-0.1, -0.05) is 64.1 Å². The van der Waals surface area contributed by atoms with Crippen molar-refractivity contribution in [3.8, 4) is 0 Å². The lowest BCUT2D eigenvalue weighted by Gasteiger charge is -2.58. The average molecular weight is 533 g/mol. The third kappa shape index (κ3) is 4.05. The number of hydrogen-bond donors (Lipinski definition) is 1. The minimum Gasteiger partial charge on any atom is -0.454 e. The number of esters is 2. The third-order valence-electron chi connectivity index (χ3n) is 9.92. The zero-order chi connectivity index (χ0) is 28.2. The van der Waals surface area contributed by atoms with Crippen LogP contribution in [0.15, 0.2) is 66.3 Å². The normalized spacial score (nSPS) is 38.2. The van der Waals surface area contributed by atoms with Crippen LogP contribution in [0.4, 0.5) is 0 Å². The highest BCUT2D eigenvalue weighted by Gasteiger charge is 2.72. The first kappa shape index (κ1) is 27.3. The smallest absolute Gasteiger partial charge is 0.338 e. The fraction of sp³-hybridized carbons (Fsp3) is 0.500. The van der Waals surface area contributed by atoms with Crippen molar-refractivity contribution in [1.29, 1.82) is 0 Å². The molecule has 4 aliphatic carbocycles. The molecule has 0 spiro atoms. The van der Waals surface area contributed by atoms with E-state index in [-0.39, 0.29) is 42.3 Å². The molecular weight excluding hydrogens is 496 g/mol. The van der Waals surface area contributed by atoms with Gasteiger partial charge in [0.25, 0.3) is 0 Å². The Morgan fingerprint density at radius 1 is 1.10 bits per heavy atom. The number of Topliss-reactive ketones (excluding diaryl/α,β-unsaturated/α-hetero) is 1. The number of fused-ring (bicyclic) bond motifs is 5. The van der Waals surface area contributed by atoms with Crippen LogP contribution in [0.2, 0.25) is 0 Å². The van der Waals surface area contributed by atoms with Crippen molar-refractivity contribution in [3.05, 3.63) is 71.8 Å². The molecule has 0 amide bonds. The Labute approximate surface area is 228 Å². The molecule has 0 aromatic heterocycles. The first-order valence-corrected chi connectivity index (χ1v) is 13.8. The molecule has 0 radical (unpaired) electrons. The molecular formula is C32H36O7. The lowest BCUT2D eigenvalue weighted by atomic mass is 9.47. The van der Waals surface area contributed by atoms with E-state index in [1.54, 1.807) is 49.4 Å². The second-order valence-electron chi connectivity index (χ2n) is 11.9. The van der Waals surface area contributed by atoms with E-state index in [0.717, 1.165) is 5.57 Å². The van der Waals surface area contributed by atoms with E-state index in [9.17, 15) is 24.3 Å². The molecule has 0 heterocycles. The van der Waals surface area contributed by atoms with E-state index < -0.39 is 46.9 Å². The summed E-state index contributed by atoms with van der Waals surface area (Å²) in [6, 6.07) is 8.43. The van der Waals surface area contributed by atoms with Crippen molar-refractivity contribution in [1.82, 2.24) is 0 Å². The molecule has 7 heteroatoms. The maximum absolute atomic E-state index is 14.1. The third-order valence-corrected chi connectivity index (χ3v) is 9.92. The van der Waals surface area contributed by atoms with Crippen LogP contribution in [0.3, 0.4) is 0 Å². The number of benzene rings is 1. The number of aliphatic hydroxyl groups is 1. The fourth-order valence-corrected chi connectivity index (χ4v) is 8.12. The summed E-state index contributed by atoms with van der Waals surface area (Å²) in [6.45, 7) is 7.03. The Kier molecular flexibility index (Phi) is 6.78. The molecule has 4 aliphatic rings. The second-order valence-corrected chi connectivity index (χ2v) is 11.9. The summed E-state index contributed by atoms with van der Waals surface area (Å²) in [5.74, 6) is -2.43. The van der Waals surface area contributed by atoms with E-state index in [2.05, 4.69) is 6.08 Å². The SMILES string of the molecule is CCC(=O)O[C@]1(C(=O)COC(=O)c2ccccc2)C(C)C[C@H]2[C@@H]3C=CC4=CC(=O)C=C[C@]4(C)[C@H]3C(O)C[C@@]21C. The van der Waals surface area contributed by atoms with E-state index in [4.69, 9.17) is 9.47 Å². The summed E-state index contributed by atoms with van der Waals surface area (Å²) in [6.07, 6.45) is 9.21. The zero-order valence-corrected chi connectivity index (χ0v) is 22.9. The first-order valence-electron chi connectivity index (χ1n) is 13.8. The van der Waals surface area contributed by atoms with Gasteiger partial charge in [-0.25, -0.2) is 4.79 Å². The summed E-state index contributed by atoms with van der Waals surface area (Å²) in [5, 5.41) is 11.7. The van der Waals surface area contributed by atoms with Gasteiger partial charge in [-0.2, -0.15) is 0 Å². The van der Waals surface area contributed by atoms with Crippen LogP contribution in [-0.2, 0) is 23.9 Å². The van der Waals surface area contributed by atoms with E-state index in [1.807, 2.05) is 32.9 Å². The highest BCUT2D eigenvalue weighted by molar-refractivity contribution is 6.01. The number of ether oxygens (including phenoxy) is 2. The summed E-state index contributed by atoms with van der Waals surface area (Å²) in [7, 11) is 0. The quantitative estimate of drug-likeness (QED) is 0.541. The van der Waals surface area contributed by atoms with Crippen LogP contribution in [0.1, 0.15) is 57.3 Å². The van der Waals surface area contributed by atoms with Gasteiger partial charge < -0.3 is 14.6 Å². The van der Waals surface area contributed by atoms with Crippen LogP contribution in [-0.4, -0.2) is 46.9 Å². The lowest BCUT2D eigenvalue weighted by Crippen LogP contribution is -2.63. The molecule has 8 atom stereocenters. The minimum absolute atomic E-state index is 0.0728. The maximum Gasteiger partial charge on any atom is 0.338 e. The largest absolute Gasteiger partial charge is 0.454 e. The highest BCUT2D eigenvalue weighted by atomic mass is 16.6. The first-order chi connectivity index (χ1) is 18.5. The van der Waals surface area contributed by atoms with Crippen molar-refractivity contribution in [2.45, 2.75) is 58.7 Å². The molecule has 2 unspecified atom stereocenters. The predicted molar refractivity (Wildman–Crippen MR) is 143 cm³/mol. The number of carbonyl (C=O) groups excluding carboxylic acids is 4. The van der Waals surface area contributed by atoms with Gasteiger partial charge >= 0.3 is 11.9 Å². The molecule has 206 valence electrons. The molecule has 5 rings (SSSR count). The Morgan fingerprint density at radius 3 is 2.51 bits per heavy atom. The highest BCUT2D eigenvalue weighted by Crippen LogP contribution is 2.68. The maximum atomic E-state index is 14.1. The van der Waals surface area contributed by atoms with Gasteiger partial charge in [0, 0.05) is 29.1 Å². The Balaban J connectivity index is 1.52. The molecule has 0 aliphatic heterocycles. The van der Waals surface area contributed by atoms with Crippen molar-refractivity contribution >= 4 is 23.5 Å². The fourth-order valence-electron chi connectivity index (χ4n) is 8.12. The van der Waals surface area contributed by atoms with Crippen LogP contribution < -0.4 is 0 Å². The summed E-state index contributed by atoms with van der Waals surface area (Å²) >= 11 is 0. The van der Waals surface area contributed by atoms with Crippen LogP contribution >= 0.6 is 0 Å². The van der Waals surface area contributed by atoms with Crippen molar-refractivity contribution in [3.63, 3.8) is 0 Å². The average Bonchev–Trinajstić information content (AvgIpc) is 3.14. The van der Waals surface area contributed by atoms with E-state index >= 15 is 0 Å². The number of carbonyl (C=O) groups is 4.